The van der Waals surface area contributed by atoms with Crippen LogP contribution in [0.4, 0.5) is 17.6 Å². The summed E-state index contributed by atoms with van der Waals surface area (Å²) in [6.07, 6.45) is 6.39. The van der Waals surface area contributed by atoms with Gasteiger partial charge in [0.25, 0.3) is 0 Å². The summed E-state index contributed by atoms with van der Waals surface area (Å²) in [6.45, 7) is 6.19. The molecule has 5 nitrogen and oxygen atoms in total. The van der Waals surface area contributed by atoms with Gasteiger partial charge >= 0.3 is 18.1 Å². The third-order valence-corrected chi connectivity index (χ3v) is 7.98. The topological polar surface area (TPSA) is 61.8 Å². The molecule has 0 aliphatic heterocycles. The normalized spacial score (nSPS) is 11.9. The minimum Gasteiger partial charge on any atom is -0.490 e. The number of alkyl halides is 3. The van der Waals surface area contributed by atoms with Gasteiger partial charge in [-0.3, -0.25) is 0 Å². The van der Waals surface area contributed by atoms with Gasteiger partial charge in [-0.2, -0.15) is 13.2 Å². The lowest BCUT2D eigenvalue weighted by atomic mass is 10.0. The lowest BCUT2D eigenvalue weighted by molar-refractivity contribution is -0.206. The fraction of sp³-hybridized carbons (Fsp3) is 0.436. The van der Waals surface area contributed by atoms with Gasteiger partial charge < -0.3 is 14.2 Å². The van der Waals surface area contributed by atoms with Crippen LogP contribution in [0.5, 0.6) is 11.5 Å². The van der Waals surface area contributed by atoms with Crippen molar-refractivity contribution in [1.82, 2.24) is 0 Å². The molecule has 0 saturated carbocycles. The van der Waals surface area contributed by atoms with Crippen molar-refractivity contribution in [2.45, 2.75) is 103 Å². The molecule has 9 heteroatoms. The maximum Gasteiger partial charge on any atom is 0.425 e. The quantitative estimate of drug-likeness (QED) is 0.0371. The predicted octanol–water partition coefficient (Wildman–Crippen LogP) is 11.5. The molecule has 260 valence electrons. The van der Waals surface area contributed by atoms with Crippen molar-refractivity contribution in [1.29, 1.82) is 0 Å². The lowest BCUT2D eigenvalue weighted by Gasteiger charge is -2.21. The Bertz CT molecular complexity index is 1420. The Morgan fingerprint density at radius 2 is 1.25 bits per heavy atom. The molecule has 0 aliphatic carbocycles. The molecule has 0 aliphatic rings. The van der Waals surface area contributed by atoms with Crippen molar-refractivity contribution >= 4 is 11.9 Å². The fourth-order valence-corrected chi connectivity index (χ4v) is 5.24. The summed E-state index contributed by atoms with van der Waals surface area (Å²) in [6, 6.07) is 16.8. The highest BCUT2D eigenvalue weighted by Gasteiger charge is 2.42. The number of carbonyl (C=O) groups excluding carboxylic acids is 2. The minimum atomic E-state index is -4.78. The molecule has 3 aromatic rings. The second-order valence-corrected chi connectivity index (χ2v) is 11.8. The maximum atomic E-state index is 14.8. The standard InChI is InChI=1S/C39H46F4O5/c1-3-5-6-7-8-9-10-11-12-13-14-15-16-36(39(41,42)43)48-38(45)34-26-25-33(28-35(34)40)47-37(44)31-19-17-29(18-20-31)30-21-23-32(24-22-30)46-27-4-2/h4,17-26,28,36H,2-3,5-16,27H2,1H3. The van der Waals surface area contributed by atoms with E-state index < -0.39 is 42.0 Å². The van der Waals surface area contributed by atoms with E-state index in [0.29, 0.717) is 18.8 Å². The number of unbranched alkanes of at least 4 members (excludes halogenated alkanes) is 11. The molecular weight excluding hydrogens is 624 g/mol. The van der Waals surface area contributed by atoms with Gasteiger partial charge in [0.05, 0.1) is 11.1 Å². The first-order valence-corrected chi connectivity index (χ1v) is 16.9. The molecule has 3 rings (SSSR count). The number of benzene rings is 3. The summed E-state index contributed by atoms with van der Waals surface area (Å²) in [4.78, 5) is 25.2. The smallest absolute Gasteiger partial charge is 0.425 e. The van der Waals surface area contributed by atoms with Gasteiger partial charge in [0.2, 0.25) is 0 Å². The molecule has 0 saturated heterocycles. The highest BCUT2D eigenvalue weighted by Crippen LogP contribution is 2.29. The van der Waals surface area contributed by atoms with Crippen molar-refractivity contribution in [3.63, 3.8) is 0 Å². The van der Waals surface area contributed by atoms with Crippen molar-refractivity contribution in [3.05, 3.63) is 96.3 Å². The minimum absolute atomic E-state index is 0.194. The molecule has 0 spiro atoms. The van der Waals surface area contributed by atoms with Crippen LogP contribution in [0.1, 0.15) is 111 Å². The number of esters is 2. The van der Waals surface area contributed by atoms with Crippen LogP contribution in [-0.4, -0.2) is 30.8 Å². The fourth-order valence-electron chi connectivity index (χ4n) is 5.24. The van der Waals surface area contributed by atoms with Crippen molar-refractivity contribution < 1.29 is 41.4 Å². The van der Waals surface area contributed by atoms with Crippen molar-refractivity contribution in [2.24, 2.45) is 0 Å². The Balaban J connectivity index is 1.46. The predicted molar refractivity (Wildman–Crippen MR) is 180 cm³/mol. The number of ether oxygens (including phenoxy) is 3. The summed E-state index contributed by atoms with van der Waals surface area (Å²) in [5.41, 5.74) is 1.25. The molecule has 3 aromatic carbocycles. The molecule has 0 bridgehead atoms. The first-order chi connectivity index (χ1) is 23.1. The molecule has 0 N–H and O–H groups in total. The Labute approximate surface area is 281 Å². The molecule has 48 heavy (non-hydrogen) atoms. The summed E-state index contributed by atoms with van der Waals surface area (Å²) < 4.78 is 71.1. The summed E-state index contributed by atoms with van der Waals surface area (Å²) >= 11 is 0. The lowest BCUT2D eigenvalue weighted by Crippen LogP contribution is -2.34. The Kier molecular flexibility index (Phi) is 16.2. The maximum absolute atomic E-state index is 14.8. The van der Waals surface area contributed by atoms with E-state index in [4.69, 9.17) is 14.2 Å². The number of rotatable bonds is 21. The summed E-state index contributed by atoms with van der Waals surface area (Å²) in [7, 11) is 0. The van der Waals surface area contributed by atoms with Gasteiger partial charge in [-0.1, -0.05) is 114 Å². The van der Waals surface area contributed by atoms with Crippen molar-refractivity contribution in [2.75, 3.05) is 6.61 Å². The van der Waals surface area contributed by atoms with E-state index in [1.807, 2.05) is 24.3 Å². The van der Waals surface area contributed by atoms with Gasteiger partial charge in [-0.15, -0.1) is 0 Å². The van der Waals surface area contributed by atoms with Crippen molar-refractivity contribution in [3.8, 4) is 22.6 Å². The average Bonchev–Trinajstić information content (AvgIpc) is 3.07. The SMILES string of the molecule is C=CCOc1ccc(-c2ccc(C(=O)Oc3ccc(C(=O)OC(CCCCCCCCCCCCCC)C(F)(F)F)c(F)c3)cc2)cc1. The van der Waals surface area contributed by atoms with E-state index in [1.165, 1.54) is 38.5 Å². The monoisotopic (exact) mass is 670 g/mol. The third-order valence-electron chi connectivity index (χ3n) is 7.98. The van der Waals surface area contributed by atoms with Gasteiger partial charge in [-0.25, -0.2) is 14.0 Å². The molecule has 0 aromatic heterocycles. The van der Waals surface area contributed by atoms with E-state index in [1.54, 1.807) is 30.3 Å². The van der Waals surface area contributed by atoms with Crippen LogP contribution in [0.25, 0.3) is 11.1 Å². The van der Waals surface area contributed by atoms with Crippen LogP contribution in [0.15, 0.2) is 79.4 Å². The molecule has 0 radical (unpaired) electrons. The zero-order valence-corrected chi connectivity index (χ0v) is 27.7. The largest absolute Gasteiger partial charge is 0.490 e. The van der Waals surface area contributed by atoms with Crippen LogP contribution in [0, 0.1) is 5.82 Å². The number of hydrogen-bond donors (Lipinski definition) is 0. The van der Waals surface area contributed by atoms with E-state index in [2.05, 4.69) is 13.5 Å². The molecular formula is C39H46F4O5. The molecule has 1 atom stereocenters. The van der Waals surface area contributed by atoms with Gasteiger partial charge in [0, 0.05) is 6.07 Å². The zero-order valence-electron chi connectivity index (χ0n) is 27.7. The third kappa shape index (κ3) is 13.2. The molecule has 1 unspecified atom stereocenters. The van der Waals surface area contributed by atoms with Gasteiger partial charge in [0.1, 0.15) is 23.9 Å². The Morgan fingerprint density at radius 3 is 1.77 bits per heavy atom. The molecule has 0 heterocycles. The Morgan fingerprint density at radius 1 is 0.729 bits per heavy atom. The van der Waals surface area contributed by atoms with E-state index in [0.717, 1.165) is 55.0 Å². The van der Waals surface area contributed by atoms with E-state index in [9.17, 15) is 27.2 Å². The first-order valence-electron chi connectivity index (χ1n) is 16.9. The number of carbonyl (C=O) groups is 2. The number of hydrogen-bond acceptors (Lipinski definition) is 5. The molecule has 0 fully saturated rings. The highest BCUT2D eigenvalue weighted by molar-refractivity contribution is 5.92. The first kappa shape index (κ1) is 38.3. The molecule has 0 amide bonds. The van der Waals surface area contributed by atoms with Gasteiger partial charge in [0.15, 0.2) is 6.10 Å². The summed E-state index contributed by atoms with van der Waals surface area (Å²) in [5.74, 6) is -2.88. The van der Waals surface area contributed by atoms with Crippen LogP contribution in [-0.2, 0) is 4.74 Å². The average molecular weight is 671 g/mol. The zero-order chi connectivity index (χ0) is 34.8. The Hall–Kier alpha value is -4.14. The second kappa shape index (κ2) is 20.3. The second-order valence-electron chi connectivity index (χ2n) is 11.8. The van der Waals surface area contributed by atoms with E-state index in [-0.39, 0.29) is 17.7 Å². The van der Waals surface area contributed by atoms with Gasteiger partial charge in [-0.05, 0) is 60.4 Å². The summed E-state index contributed by atoms with van der Waals surface area (Å²) in [5, 5.41) is 0. The van der Waals surface area contributed by atoms with Crippen LogP contribution < -0.4 is 9.47 Å². The number of halogens is 4. The van der Waals surface area contributed by atoms with E-state index >= 15 is 0 Å². The highest BCUT2D eigenvalue weighted by atomic mass is 19.4. The van der Waals surface area contributed by atoms with Crippen LogP contribution in [0.2, 0.25) is 0 Å². The van der Waals surface area contributed by atoms with Crippen LogP contribution in [0.3, 0.4) is 0 Å². The van der Waals surface area contributed by atoms with Crippen LogP contribution >= 0.6 is 0 Å².